The van der Waals surface area contributed by atoms with Gasteiger partial charge in [0, 0.05) is 31.9 Å². The van der Waals surface area contributed by atoms with Crippen molar-refractivity contribution in [1.29, 1.82) is 0 Å². The molecule has 1 aliphatic heterocycles. The zero-order valence-electron chi connectivity index (χ0n) is 14.8. The van der Waals surface area contributed by atoms with Crippen LogP contribution in [0.15, 0.2) is 42.5 Å². The predicted octanol–water partition coefficient (Wildman–Crippen LogP) is 2.77. The normalized spacial score (nSPS) is 15.2. The first-order valence-corrected chi connectivity index (χ1v) is 8.66. The van der Waals surface area contributed by atoms with Gasteiger partial charge in [-0.15, -0.1) is 0 Å². The summed E-state index contributed by atoms with van der Waals surface area (Å²) < 4.78 is 0. The van der Waals surface area contributed by atoms with Gasteiger partial charge < -0.3 is 15.3 Å². The van der Waals surface area contributed by atoms with Crippen molar-refractivity contribution >= 4 is 17.3 Å². The standard InChI is InChI=1S/C20H25N3O2/c1-15-6-5-7-17(16(15)2)21-20(25)14-22-10-12-23(13-11-22)18-8-3-4-9-19(18)24/h3-9,24H,10-14H2,1-2H3,(H,21,25). The van der Waals surface area contributed by atoms with Gasteiger partial charge in [-0.05, 0) is 43.2 Å². The first-order chi connectivity index (χ1) is 12.0. The number of rotatable bonds is 4. The largest absolute Gasteiger partial charge is 0.506 e. The first kappa shape index (κ1) is 17.3. The fourth-order valence-electron chi connectivity index (χ4n) is 3.16. The number of benzene rings is 2. The molecule has 0 spiro atoms. The Kier molecular flexibility index (Phi) is 5.24. The van der Waals surface area contributed by atoms with Crippen molar-refractivity contribution in [3.05, 3.63) is 53.6 Å². The van der Waals surface area contributed by atoms with E-state index in [0.717, 1.165) is 43.1 Å². The number of phenolic OH excluding ortho intramolecular Hbond substituents is 1. The average Bonchev–Trinajstić information content (AvgIpc) is 2.60. The molecule has 0 bridgehead atoms. The van der Waals surface area contributed by atoms with E-state index in [2.05, 4.69) is 15.1 Å². The molecular formula is C20H25N3O2. The van der Waals surface area contributed by atoms with E-state index in [1.54, 1.807) is 6.07 Å². The van der Waals surface area contributed by atoms with Crippen molar-refractivity contribution in [2.45, 2.75) is 13.8 Å². The molecule has 25 heavy (non-hydrogen) atoms. The Morgan fingerprint density at radius 3 is 2.48 bits per heavy atom. The van der Waals surface area contributed by atoms with Gasteiger partial charge in [0.2, 0.25) is 5.91 Å². The second-order valence-electron chi connectivity index (χ2n) is 6.55. The lowest BCUT2D eigenvalue weighted by Crippen LogP contribution is -2.48. The number of carbonyl (C=O) groups excluding carboxylic acids is 1. The summed E-state index contributed by atoms with van der Waals surface area (Å²) in [6.07, 6.45) is 0. The van der Waals surface area contributed by atoms with Gasteiger partial charge in [0.1, 0.15) is 5.75 Å². The molecular weight excluding hydrogens is 314 g/mol. The summed E-state index contributed by atoms with van der Waals surface area (Å²) in [6.45, 7) is 7.66. The minimum atomic E-state index is 0.0182. The minimum Gasteiger partial charge on any atom is -0.506 e. The number of aromatic hydroxyl groups is 1. The van der Waals surface area contributed by atoms with Gasteiger partial charge in [0.25, 0.3) is 0 Å². The second-order valence-corrected chi connectivity index (χ2v) is 6.55. The van der Waals surface area contributed by atoms with Crippen molar-refractivity contribution in [3.8, 4) is 5.75 Å². The molecule has 0 atom stereocenters. The maximum Gasteiger partial charge on any atom is 0.238 e. The first-order valence-electron chi connectivity index (χ1n) is 8.66. The number of nitrogens with zero attached hydrogens (tertiary/aromatic N) is 2. The highest BCUT2D eigenvalue weighted by molar-refractivity contribution is 5.93. The molecule has 0 unspecified atom stereocenters. The number of hydrogen-bond donors (Lipinski definition) is 2. The molecule has 2 aromatic rings. The molecule has 1 fully saturated rings. The summed E-state index contributed by atoms with van der Waals surface area (Å²) in [7, 11) is 0. The molecule has 0 radical (unpaired) electrons. The maximum absolute atomic E-state index is 12.3. The Morgan fingerprint density at radius 1 is 1.04 bits per heavy atom. The number of phenols is 1. The fourth-order valence-corrected chi connectivity index (χ4v) is 3.16. The lowest BCUT2D eigenvalue weighted by atomic mass is 10.1. The topological polar surface area (TPSA) is 55.8 Å². The zero-order valence-corrected chi connectivity index (χ0v) is 14.8. The van der Waals surface area contributed by atoms with Crippen molar-refractivity contribution < 1.29 is 9.90 Å². The van der Waals surface area contributed by atoms with Gasteiger partial charge in [-0.25, -0.2) is 0 Å². The molecule has 1 saturated heterocycles. The molecule has 5 nitrogen and oxygen atoms in total. The monoisotopic (exact) mass is 339 g/mol. The molecule has 132 valence electrons. The number of amides is 1. The number of hydrogen-bond acceptors (Lipinski definition) is 4. The Labute approximate surface area is 148 Å². The quantitative estimate of drug-likeness (QED) is 0.899. The van der Waals surface area contributed by atoms with Crippen molar-refractivity contribution in [1.82, 2.24) is 4.90 Å². The molecule has 0 aromatic heterocycles. The summed E-state index contributed by atoms with van der Waals surface area (Å²) in [5, 5.41) is 13.0. The molecule has 2 aromatic carbocycles. The summed E-state index contributed by atoms with van der Waals surface area (Å²) >= 11 is 0. The number of carbonyl (C=O) groups is 1. The molecule has 5 heteroatoms. The number of para-hydroxylation sites is 2. The van der Waals surface area contributed by atoms with Gasteiger partial charge in [-0.2, -0.15) is 0 Å². The van der Waals surface area contributed by atoms with Gasteiger partial charge in [0.05, 0.1) is 12.2 Å². The smallest absolute Gasteiger partial charge is 0.238 e. The van der Waals surface area contributed by atoms with E-state index in [4.69, 9.17) is 0 Å². The van der Waals surface area contributed by atoms with Crippen LogP contribution in [-0.4, -0.2) is 48.6 Å². The van der Waals surface area contributed by atoms with E-state index < -0.39 is 0 Å². The van der Waals surface area contributed by atoms with Crippen LogP contribution in [0.25, 0.3) is 0 Å². The van der Waals surface area contributed by atoms with Crippen molar-refractivity contribution in [2.24, 2.45) is 0 Å². The Morgan fingerprint density at radius 2 is 1.76 bits per heavy atom. The Hall–Kier alpha value is -2.53. The molecule has 0 aliphatic carbocycles. The van der Waals surface area contributed by atoms with Crippen LogP contribution in [-0.2, 0) is 4.79 Å². The number of nitrogens with one attached hydrogen (secondary N) is 1. The van der Waals surface area contributed by atoms with Crippen LogP contribution < -0.4 is 10.2 Å². The second kappa shape index (κ2) is 7.57. The highest BCUT2D eigenvalue weighted by atomic mass is 16.3. The Bertz CT molecular complexity index is 752. The van der Waals surface area contributed by atoms with E-state index in [1.807, 2.05) is 50.2 Å². The lowest BCUT2D eigenvalue weighted by Gasteiger charge is -2.35. The maximum atomic E-state index is 12.3. The average molecular weight is 339 g/mol. The number of aryl methyl sites for hydroxylation is 1. The molecule has 1 aliphatic rings. The predicted molar refractivity (Wildman–Crippen MR) is 101 cm³/mol. The van der Waals surface area contributed by atoms with Crippen LogP contribution in [0.2, 0.25) is 0 Å². The number of anilines is 2. The Balaban J connectivity index is 1.53. The SMILES string of the molecule is Cc1cccc(NC(=O)CN2CCN(c3ccccc3O)CC2)c1C. The number of piperazine rings is 1. The van der Waals surface area contributed by atoms with E-state index in [-0.39, 0.29) is 5.91 Å². The summed E-state index contributed by atoms with van der Waals surface area (Å²) in [5.41, 5.74) is 4.04. The van der Waals surface area contributed by atoms with Crippen LogP contribution in [0.1, 0.15) is 11.1 Å². The fraction of sp³-hybridized carbons (Fsp3) is 0.350. The van der Waals surface area contributed by atoms with Crippen molar-refractivity contribution in [3.63, 3.8) is 0 Å². The van der Waals surface area contributed by atoms with Crippen LogP contribution >= 0.6 is 0 Å². The van der Waals surface area contributed by atoms with Crippen LogP contribution in [0.5, 0.6) is 5.75 Å². The van der Waals surface area contributed by atoms with Crippen LogP contribution in [0.3, 0.4) is 0 Å². The van der Waals surface area contributed by atoms with E-state index >= 15 is 0 Å². The molecule has 2 N–H and O–H groups in total. The summed E-state index contributed by atoms with van der Waals surface area (Å²) in [6, 6.07) is 13.3. The summed E-state index contributed by atoms with van der Waals surface area (Å²) in [5.74, 6) is 0.327. The zero-order chi connectivity index (χ0) is 17.8. The van der Waals surface area contributed by atoms with Gasteiger partial charge in [-0.1, -0.05) is 24.3 Å². The minimum absolute atomic E-state index is 0.0182. The summed E-state index contributed by atoms with van der Waals surface area (Å²) in [4.78, 5) is 16.7. The van der Waals surface area contributed by atoms with E-state index in [0.29, 0.717) is 12.3 Å². The van der Waals surface area contributed by atoms with Gasteiger partial charge in [0.15, 0.2) is 0 Å². The highest BCUT2D eigenvalue weighted by Crippen LogP contribution is 2.27. The third-order valence-corrected chi connectivity index (χ3v) is 4.84. The highest BCUT2D eigenvalue weighted by Gasteiger charge is 2.20. The van der Waals surface area contributed by atoms with Crippen LogP contribution in [0, 0.1) is 13.8 Å². The third-order valence-electron chi connectivity index (χ3n) is 4.84. The van der Waals surface area contributed by atoms with Crippen LogP contribution in [0.4, 0.5) is 11.4 Å². The van der Waals surface area contributed by atoms with Gasteiger partial charge in [-0.3, -0.25) is 9.69 Å². The molecule has 1 amide bonds. The van der Waals surface area contributed by atoms with E-state index in [9.17, 15) is 9.90 Å². The van der Waals surface area contributed by atoms with Gasteiger partial charge >= 0.3 is 0 Å². The molecule has 1 heterocycles. The van der Waals surface area contributed by atoms with E-state index in [1.165, 1.54) is 5.56 Å². The third kappa shape index (κ3) is 4.12. The lowest BCUT2D eigenvalue weighted by molar-refractivity contribution is -0.117. The van der Waals surface area contributed by atoms with Crippen molar-refractivity contribution in [2.75, 3.05) is 42.9 Å². The molecule has 3 rings (SSSR count). The molecule has 0 saturated carbocycles.